The van der Waals surface area contributed by atoms with Crippen LogP contribution >= 0.6 is 24.0 Å². The monoisotopic (exact) mass is 570 g/mol. The van der Waals surface area contributed by atoms with E-state index in [-0.39, 0.29) is 41.5 Å². The summed E-state index contributed by atoms with van der Waals surface area (Å²) < 4.78 is 40.3. The van der Waals surface area contributed by atoms with Crippen LogP contribution in [-0.2, 0) is 11.3 Å². The third kappa shape index (κ3) is 9.21. The van der Waals surface area contributed by atoms with Crippen molar-refractivity contribution in [1.29, 1.82) is 0 Å². The lowest BCUT2D eigenvalue weighted by Gasteiger charge is -2.23. The van der Waals surface area contributed by atoms with Crippen molar-refractivity contribution in [3.63, 3.8) is 0 Å². The topological polar surface area (TPSA) is 84.4 Å². The summed E-state index contributed by atoms with van der Waals surface area (Å²) in [6.45, 7) is 6.40. The first-order valence-corrected chi connectivity index (χ1v) is 10.3. The van der Waals surface area contributed by atoms with Gasteiger partial charge in [-0.1, -0.05) is 6.07 Å². The molecule has 1 atom stereocenters. The van der Waals surface area contributed by atoms with Gasteiger partial charge in [0.05, 0.1) is 12.6 Å². The van der Waals surface area contributed by atoms with Gasteiger partial charge in [0.25, 0.3) is 0 Å². The summed E-state index contributed by atoms with van der Waals surface area (Å²) in [5.41, 5.74) is 0.282. The van der Waals surface area contributed by atoms with E-state index in [1.54, 1.807) is 26.1 Å². The number of ether oxygens (including phenoxy) is 3. The molecule has 0 saturated carbocycles. The SMILES string of the molecule is CCOc1cc(CNC(=NC)N2CCC(NC(=O)OC(C)(C)C)C2)ccc1OC(F)F.I. The van der Waals surface area contributed by atoms with Crippen LogP contribution in [0.5, 0.6) is 11.5 Å². The van der Waals surface area contributed by atoms with E-state index in [9.17, 15) is 13.6 Å². The highest BCUT2D eigenvalue weighted by Gasteiger charge is 2.27. The Hall–Kier alpha value is -2.05. The molecule has 8 nitrogen and oxygen atoms in total. The molecule has 1 fully saturated rings. The number of alkyl halides is 2. The van der Waals surface area contributed by atoms with Crippen molar-refractivity contribution in [3.8, 4) is 11.5 Å². The summed E-state index contributed by atoms with van der Waals surface area (Å²) in [4.78, 5) is 18.3. The van der Waals surface area contributed by atoms with Gasteiger partial charge in [-0.05, 0) is 51.8 Å². The first-order valence-electron chi connectivity index (χ1n) is 10.3. The molecular formula is C21H33F2IN4O4. The normalized spacial score (nSPS) is 16.4. The highest BCUT2D eigenvalue weighted by atomic mass is 127. The Morgan fingerprint density at radius 3 is 2.62 bits per heavy atom. The maximum Gasteiger partial charge on any atom is 0.407 e. The van der Waals surface area contributed by atoms with Crippen molar-refractivity contribution in [2.24, 2.45) is 4.99 Å². The van der Waals surface area contributed by atoms with E-state index in [4.69, 9.17) is 9.47 Å². The van der Waals surface area contributed by atoms with Crippen LogP contribution in [0.4, 0.5) is 13.6 Å². The molecule has 1 saturated heterocycles. The minimum atomic E-state index is -2.92. The lowest BCUT2D eigenvalue weighted by molar-refractivity contribution is -0.0514. The van der Waals surface area contributed by atoms with E-state index >= 15 is 0 Å². The molecule has 1 unspecified atom stereocenters. The van der Waals surface area contributed by atoms with E-state index in [0.717, 1.165) is 18.5 Å². The van der Waals surface area contributed by atoms with Crippen LogP contribution in [0.2, 0.25) is 0 Å². The van der Waals surface area contributed by atoms with Crippen LogP contribution in [0, 0.1) is 0 Å². The minimum absolute atomic E-state index is 0. The first kappa shape index (κ1) is 28.0. The molecule has 32 heavy (non-hydrogen) atoms. The van der Waals surface area contributed by atoms with E-state index < -0.39 is 18.3 Å². The van der Waals surface area contributed by atoms with Crippen LogP contribution in [0.15, 0.2) is 23.2 Å². The average Bonchev–Trinajstić information content (AvgIpc) is 3.10. The van der Waals surface area contributed by atoms with Gasteiger partial charge in [0, 0.05) is 26.7 Å². The molecule has 2 rings (SSSR count). The van der Waals surface area contributed by atoms with E-state index in [0.29, 0.717) is 25.7 Å². The summed E-state index contributed by atoms with van der Waals surface area (Å²) in [5.74, 6) is 0.944. The molecule has 1 aromatic rings. The fraction of sp³-hybridized carbons (Fsp3) is 0.619. The number of rotatable bonds is 7. The predicted molar refractivity (Wildman–Crippen MR) is 129 cm³/mol. The standard InChI is InChI=1S/C21H32F2N4O4.HI/c1-6-29-17-11-14(7-8-16(17)30-18(22)23)12-25-19(24-5)27-10-9-15(13-27)26-20(28)31-21(2,3)4;/h7-8,11,15,18H,6,9-10,12-13H2,1-5H3,(H,24,25)(H,26,28);1H. The molecule has 0 radical (unpaired) electrons. The van der Waals surface area contributed by atoms with Crippen LogP contribution in [0.1, 0.15) is 39.7 Å². The number of nitrogens with one attached hydrogen (secondary N) is 2. The quantitative estimate of drug-likeness (QED) is 0.293. The van der Waals surface area contributed by atoms with Gasteiger partial charge in [-0.2, -0.15) is 8.78 Å². The summed E-state index contributed by atoms with van der Waals surface area (Å²) in [6, 6.07) is 4.78. The van der Waals surface area contributed by atoms with Gasteiger partial charge >= 0.3 is 12.7 Å². The number of halogens is 3. The fourth-order valence-electron chi connectivity index (χ4n) is 3.18. The van der Waals surface area contributed by atoms with Crippen LogP contribution in [0.3, 0.4) is 0 Å². The largest absolute Gasteiger partial charge is 0.490 e. The van der Waals surface area contributed by atoms with Gasteiger partial charge in [-0.3, -0.25) is 4.99 Å². The molecule has 1 aliphatic rings. The van der Waals surface area contributed by atoms with Gasteiger partial charge in [-0.15, -0.1) is 24.0 Å². The second-order valence-electron chi connectivity index (χ2n) is 8.07. The van der Waals surface area contributed by atoms with E-state index in [1.165, 1.54) is 6.07 Å². The van der Waals surface area contributed by atoms with Crippen LogP contribution < -0.4 is 20.1 Å². The molecule has 1 amide bonds. The number of carbonyl (C=O) groups is 1. The second-order valence-corrected chi connectivity index (χ2v) is 8.07. The number of benzene rings is 1. The van der Waals surface area contributed by atoms with Crippen molar-refractivity contribution in [3.05, 3.63) is 23.8 Å². The zero-order valence-electron chi connectivity index (χ0n) is 19.1. The zero-order valence-corrected chi connectivity index (χ0v) is 21.4. The van der Waals surface area contributed by atoms with Gasteiger partial charge in [0.2, 0.25) is 0 Å². The zero-order chi connectivity index (χ0) is 23.0. The summed E-state index contributed by atoms with van der Waals surface area (Å²) in [5, 5.41) is 6.14. The Morgan fingerprint density at radius 2 is 2.03 bits per heavy atom. The average molecular weight is 570 g/mol. The molecule has 0 aromatic heterocycles. The summed E-state index contributed by atoms with van der Waals surface area (Å²) in [7, 11) is 1.68. The summed E-state index contributed by atoms with van der Waals surface area (Å²) in [6.07, 6.45) is 0.338. The molecule has 182 valence electrons. The molecule has 0 spiro atoms. The first-order chi connectivity index (χ1) is 14.6. The Bertz CT molecular complexity index is 775. The Balaban J connectivity index is 0.00000512. The Kier molecular flexibility index (Phi) is 11.2. The van der Waals surface area contributed by atoms with E-state index in [1.807, 2.05) is 25.7 Å². The second kappa shape index (κ2) is 12.9. The number of nitrogens with zero attached hydrogens (tertiary/aromatic N) is 2. The highest BCUT2D eigenvalue weighted by molar-refractivity contribution is 14.0. The number of guanidine groups is 1. The van der Waals surface area contributed by atoms with Crippen molar-refractivity contribution in [2.45, 2.75) is 58.9 Å². The van der Waals surface area contributed by atoms with Gasteiger partial charge in [-0.25, -0.2) is 4.79 Å². The van der Waals surface area contributed by atoms with Gasteiger partial charge < -0.3 is 29.7 Å². The highest BCUT2D eigenvalue weighted by Crippen LogP contribution is 2.30. The number of alkyl carbamates (subject to hydrolysis) is 1. The Morgan fingerprint density at radius 1 is 1.31 bits per heavy atom. The maximum atomic E-state index is 12.6. The maximum absolute atomic E-state index is 12.6. The van der Waals surface area contributed by atoms with Crippen molar-refractivity contribution in [2.75, 3.05) is 26.7 Å². The molecule has 0 aliphatic carbocycles. The fourth-order valence-corrected chi connectivity index (χ4v) is 3.18. The molecule has 2 N–H and O–H groups in total. The Labute approximate surface area is 205 Å². The van der Waals surface area contributed by atoms with Gasteiger partial charge in [0.1, 0.15) is 5.60 Å². The molecule has 1 aliphatic heterocycles. The van der Waals surface area contributed by atoms with Crippen molar-refractivity contribution in [1.82, 2.24) is 15.5 Å². The number of hydrogen-bond acceptors (Lipinski definition) is 5. The minimum Gasteiger partial charge on any atom is -0.490 e. The lowest BCUT2D eigenvalue weighted by Crippen LogP contribution is -2.44. The number of carbonyl (C=O) groups excluding carboxylic acids is 1. The van der Waals surface area contributed by atoms with Crippen molar-refractivity contribution < 1.29 is 27.8 Å². The van der Waals surface area contributed by atoms with E-state index in [2.05, 4.69) is 20.4 Å². The van der Waals surface area contributed by atoms with Crippen LogP contribution in [0.25, 0.3) is 0 Å². The number of hydrogen-bond donors (Lipinski definition) is 2. The molecule has 1 heterocycles. The molecule has 1 aromatic carbocycles. The molecule has 11 heteroatoms. The summed E-state index contributed by atoms with van der Waals surface area (Å²) >= 11 is 0. The molecular weight excluding hydrogens is 537 g/mol. The lowest BCUT2D eigenvalue weighted by atomic mass is 10.2. The third-order valence-electron chi connectivity index (χ3n) is 4.40. The van der Waals surface area contributed by atoms with Crippen LogP contribution in [-0.4, -0.2) is 62.0 Å². The van der Waals surface area contributed by atoms with Crippen molar-refractivity contribution >= 4 is 36.0 Å². The molecule has 0 bridgehead atoms. The number of amides is 1. The number of aliphatic imine (C=N–C) groups is 1. The predicted octanol–water partition coefficient (Wildman–Crippen LogP) is 3.98. The number of likely N-dealkylation sites (tertiary alicyclic amines) is 1. The van der Waals surface area contributed by atoms with Gasteiger partial charge in [0.15, 0.2) is 17.5 Å². The third-order valence-corrected chi connectivity index (χ3v) is 4.40. The smallest absolute Gasteiger partial charge is 0.407 e.